The topological polar surface area (TPSA) is 35.2 Å². The van der Waals surface area contributed by atoms with Gasteiger partial charge in [-0.05, 0) is 48.8 Å². The highest BCUT2D eigenvalue weighted by atomic mass is 79.9. The van der Waals surface area contributed by atoms with Gasteiger partial charge >= 0.3 is 0 Å². The highest BCUT2D eigenvalue weighted by Crippen LogP contribution is 2.37. The molecule has 19 heavy (non-hydrogen) atoms. The summed E-state index contributed by atoms with van der Waals surface area (Å²) in [4.78, 5) is 0. The average Bonchev–Trinajstić information content (AvgIpc) is 2.39. The van der Waals surface area contributed by atoms with Crippen LogP contribution < -0.4 is 5.73 Å². The van der Waals surface area contributed by atoms with Crippen molar-refractivity contribution in [3.63, 3.8) is 0 Å². The van der Waals surface area contributed by atoms with Gasteiger partial charge in [-0.2, -0.15) is 0 Å². The van der Waals surface area contributed by atoms with Crippen LogP contribution in [0, 0.1) is 5.41 Å². The minimum atomic E-state index is 0.0271. The van der Waals surface area contributed by atoms with Crippen LogP contribution in [0.3, 0.4) is 0 Å². The Hall–Kier alpha value is -0.380. The number of hydrogen-bond donors (Lipinski definition) is 1. The molecule has 0 saturated heterocycles. The summed E-state index contributed by atoms with van der Waals surface area (Å²) in [6.07, 6.45) is 5.19. The van der Waals surface area contributed by atoms with Gasteiger partial charge in [-0.1, -0.05) is 41.9 Å². The first-order valence-corrected chi connectivity index (χ1v) is 7.90. The minimum Gasteiger partial charge on any atom is -0.369 e. The van der Waals surface area contributed by atoms with Crippen molar-refractivity contribution >= 4 is 15.9 Å². The monoisotopic (exact) mass is 325 g/mol. The van der Waals surface area contributed by atoms with Gasteiger partial charge in [0.2, 0.25) is 0 Å². The molecule has 0 radical (unpaired) electrons. The third-order valence-electron chi connectivity index (χ3n) is 4.10. The molecule has 1 saturated carbocycles. The van der Waals surface area contributed by atoms with Gasteiger partial charge in [-0.15, -0.1) is 0 Å². The summed E-state index contributed by atoms with van der Waals surface area (Å²) in [7, 11) is 0. The first-order valence-electron chi connectivity index (χ1n) is 7.11. The molecular weight excluding hydrogens is 302 g/mol. The zero-order valence-corrected chi connectivity index (χ0v) is 13.4. The third-order valence-corrected chi connectivity index (χ3v) is 4.63. The van der Waals surface area contributed by atoms with Gasteiger partial charge < -0.3 is 10.5 Å². The van der Waals surface area contributed by atoms with Crippen molar-refractivity contribution in [3.05, 3.63) is 34.3 Å². The van der Waals surface area contributed by atoms with Gasteiger partial charge in [-0.3, -0.25) is 0 Å². The van der Waals surface area contributed by atoms with Crippen LogP contribution in [0.2, 0.25) is 0 Å². The van der Waals surface area contributed by atoms with Gasteiger partial charge in [0.25, 0.3) is 0 Å². The molecule has 2 rings (SSSR count). The summed E-state index contributed by atoms with van der Waals surface area (Å²) in [5.74, 6) is 0. The Kier molecular flexibility index (Phi) is 5.04. The maximum absolute atomic E-state index is 6.22. The maximum Gasteiger partial charge on any atom is 0.0950 e. The fraction of sp³-hybridized carbons (Fsp3) is 0.625. The van der Waals surface area contributed by atoms with E-state index >= 15 is 0 Å². The Morgan fingerprint density at radius 3 is 2.37 bits per heavy atom. The molecule has 2 N–H and O–H groups in total. The largest absolute Gasteiger partial charge is 0.369 e. The predicted octanol–water partition coefficient (Wildman–Crippen LogP) is 4.43. The van der Waals surface area contributed by atoms with Crippen LogP contribution in [-0.2, 0) is 4.74 Å². The molecule has 1 aromatic rings. The summed E-state index contributed by atoms with van der Waals surface area (Å²) >= 11 is 3.46. The Balaban J connectivity index is 1.94. The Morgan fingerprint density at radius 1 is 1.26 bits per heavy atom. The second-order valence-electron chi connectivity index (χ2n) is 6.28. The average molecular weight is 326 g/mol. The first kappa shape index (κ1) is 15.0. The summed E-state index contributed by atoms with van der Waals surface area (Å²) in [6.45, 7) is 5.23. The lowest BCUT2D eigenvalue weighted by molar-refractivity contribution is -0.0429. The Labute approximate surface area is 124 Å². The number of hydrogen-bond acceptors (Lipinski definition) is 2. The van der Waals surface area contributed by atoms with Crippen molar-refractivity contribution in [2.75, 3.05) is 6.54 Å². The molecule has 0 spiro atoms. The molecule has 1 aliphatic rings. The Morgan fingerprint density at radius 2 is 1.84 bits per heavy atom. The standard InChI is InChI=1S/C16H24BrNO/c1-16(2)9-7-14(8-10-16)19-15(11-18)12-3-5-13(17)6-4-12/h3-6,14-15H,7-11,18H2,1-2H3. The molecule has 1 aliphatic carbocycles. The fourth-order valence-corrected chi connectivity index (χ4v) is 2.95. The predicted molar refractivity (Wildman–Crippen MR) is 83.1 cm³/mol. The fourth-order valence-electron chi connectivity index (χ4n) is 2.69. The van der Waals surface area contributed by atoms with Crippen LogP contribution in [-0.4, -0.2) is 12.6 Å². The van der Waals surface area contributed by atoms with Crippen LogP contribution >= 0.6 is 15.9 Å². The van der Waals surface area contributed by atoms with E-state index < -0.39 is 0 Å². The van der Waals surface area contributed by atoms with E-state index in [1.54, 1.807) is 0 Å². The second kappa shape index (κ2) is 6.38. The van der Waals surface area contributed by atoms with E-state index in [1.807, 2.05) is 12.1 Å². The molecule has 0 aromatic heterocycles. The lowest BCUT2D eigenvalue weighted by Crippen LogP contribution is -2.29. The van der Waals surface area contributed by atoms with Crippen molar-refractivity contribution in [2.45, 2.75) is 51.7 Å². The molecule has 0 heterocycles. The van der Waals surface area contributed by atoms with Crippen molar-refractivity contribution in [1.82, 2.24) is 0 Å². The van der Waals surface area contributed by atoms with Gasteiger partial charge in [0.05, 0.1) is 12.2 Å². The highest BCUT2D eigenvalue weighted by molar-refractivity contribution is 9.10. The molecule has 1 fully saturated rings. The van der Waals surface area contributed by atoms with Crippen LogP contribution in [0.4, 0.5) is 0 Å². The van der Waals surface area contributed by atoms with E-state index in [1.165, 1.54) is 18.4 Å². The van der Waals surface area contributed by atoms with Gasteiger partial charge in [0, 0.05) is 11.0 Å². The summed E-state index contributed by atoms with van der Waals surface area (Å²) in [6, 6.07) is 8.28. The number of benzene rings is 1. The quantitative estimate of drug-likeness (QED) is 0.888. The van der Waals surface area contributed by atoms with Gasteiger partial charge in [-0.25, -0.2) is 0 Å². The van der Waals surface area contributed by atoms with E-state index in [2.05, 4.69) is 41.9 Å². The molecule has 0 bridgehead atoms. The van der Waals surface area contributed by atoms with Crippen molar-refractivity contribution in [3.8, 4) is 0 Å². The lowest BCUT2D eigenvalue weighted by atomic mass is 9.76. The van der Waals surface area contributed by atoms with Crippen LogP contribution in [0.1, 0.15) is 51.2 Å². The molecule has 2 nitrogen and oxygen atoms in total. The summed E-state index contributed by atoms with van der Waals surface area (Å²) < 4.78 is 7.31. The van der Waals surface area contributed by atoms with E-state index in [9.17, 15) is 0 Å². The molecule has 3 heteroatoms. The maximum atomic E-state index is 6.22. The first-order chi connectivity index (χ1) is 9.00. The van der Waals surface area contributed by atoms with Crippen molar-refractivity contribution < 1.29 is 4.74 Å². The molecule has 0 amide bonds. The number of nitrogens with two attached hydrogens (primary N) is 1. The zero-order chi connectivity index (χ0) is 13.9. The molecule has 1 aromatic carbocycles. The zero-order valence-electron chi connectivity index (χ0n) is 11.9. The summed E-state index contributed by atoms with van der Waals surface area (Å²) in [5, 5.41) is 0. The van der Waals surface area contributed by atoms with Gasteiger partial charge in [0.15, 0.2) is 0 Å². The number of ether oxygens (including phenoxy) is 1. The molecule has 1 unspecified atom stereocenters. The number of rotatable bonds is 4. The Bertz CT molecular complexity index is 392. The van der Waals surface area contributed by atoms with Gasteiger partial charge in [0.1, 0.15) is 0 Å². The van der Waals surface area contributed by atoms with Crippen molar-refractivity contribution in [2.24, 2.45) is 11.1 Å². The van der Waals surface area contributed by atoms with Crippen LogP contribution in [0.5, 0.6) is 0 Å². The third kappa shape index (κ3) is 4.30. The number of halogens is 1. The molecule has 1 atom stereocenters. The SMILES string of the molecule is CC1(C)CCC(OC(CN)c2ccc(Br)cc2)CC1. The van der Waals surface area contributed by atoms with Crippen LogP contribution in [0.25, 0.3) is 0 Å². The summed E-state index contributed by atoms with van der Waals surface area (Å²) in [5.41, 5.74) is 7.53. The smallest absolute Gasteiger partial charge is 0.0950 e. The minimum absolute atomic E-state index is 0.0271. The highest BCUT2D eigenvalue weighted by Gasteiger charge is 2.28. The van der Waals surface area contributed by atoms with E-state index in [-0.39, 0.29) is 6.10 Å². The van der Waals surface area contributed by atoms with Crippen LogP contribution in [0.15, 0.2) is 28.7 Å². The molecular formula is C16H24BrNO. The molecule has 106 valence electrons. The molecule has 0 aliphatic heterocycles. The lowest BCUT2D eigenvalue weighted by Gasteiger charge is -2.35. The van der Waals surface area contributed by atoms with Crippen molar-refractivity contribution in [1.29, 1.82) is 0 Å². The van der Waals surface area contributed by atoms with E-state index in [4.69, 9.17) is 10.5 Å². The normalized spacial score (nSPS) is 21.3. The van der Waals surface area contributed by atoms with E-state index in [0.717, 1.165) is 17.3 Å². The van der Waals surface area contributed by atoms with E-state index in [0.29, 0.717) is 18.1 Å². The second-order valence-corrected chi connectivity index (χ2v) is 7.19.